The van der Waals surface area contributed by atoms with Crippen LogP contribution >= 0.6 is 23.4 Å². The van der Waals surface area contributed by atoms with Gasteiger partial charge in [-0.2, -0.15) is 0 Å². The van der Waals surface area contributed by atoms with Gasteiger partial charge in [0.1, 0.15) is 11.5 Å². The summed E-state index contributed by atoms with van der Waals surface area (Å²) in [6.07, 6.45) is 1.75. The second-order valence-electron chi connectivity index (χ2n) is 6.65. The molecule has 32 heavy (non-hydrogen) atoms. The van der Waals surface area contributed by atoms with Gasteiger partial charge in [0.15, 0.2) is 5.17 Å². The molecule has 8 heteroatoms. The Morgan fingerprint density at radius 3 is 2.44 bits per heavy atom. The quantitative estimate of drug-likeness (QED) is 0.308. The molecule has 0 unspecified atom stereocenters. The molecular weight excluding hydrogens is 448 g/mol. The van der Waals surface area contributed by atoms with Crippen LogP contribution in [0.2, 0.25) is 5.02 Å². The molecule has 1 amide bonds. The molecule has 0 aliphatic carbocycles. The number of hydrogen-bond donors (Lipinski definition) is 1. The maximum absolute atomic E-state index is 12.3. The molecule has 1 aliphatic heterocycles. The fourth-order valence-corrected chi connectivity index (χ4v) is 3.85. The first-order valence-electron chi connectivity index (χ1n) is 9.51. The van der Waals surface area contributed by atoms with Crippen LogP contribution in [0.25, 0.3) is 6.08 Å². The minimum absolute atomic E-state index is 0.223. The van der Waals surface area contributed by atoms with E-state index in [1.807, 2.05) is 12.1 Å². The van der Waals surface area contributed by atoms with Crippen LogP contribution < -0.4 is 14.8 Å². The summed E-state index contributed by atoms with van der Waals surface area (Å²) in [5.41, 5.74) is 1.86. The third-order valence-electron chi connectivity index (χ3n) is 4.40. The maximum Gasteiger partial charge on any atom is 0.343 e. The minimum Gasteiger partial charge on any atom is -0.497 e. The Labute approximate surface area is 193 Å². The summed E-state index contributed by atoms with van der Waals surface area (Å²) in [6, 6.07) is 20.6. The van der Waals surface area contributed by atoms with E-state index in [1.165, 1.54) is 11.8 Å². The summed E-state index contributed by atoms with van der Waals surface area (Å²) in [7, 11) is 1.60. The lowest BCUT2D eigenvalue weighted by atomic mass is 10.2. The Morgan fingerprint density at radius 1 is 1.03 bits per heavy atom. The molecule has 0 bridgehead atoms. The fraction of sp³-hybridized carbons (Fsp3) is 0.0417. The predicted molar refractivity (Wildman–Crippen MR) is 127 cm³/mol. The number of benzene rings is 3. The van der Waals surface area contributed by atoms with Gasteiger partial charge >= 0.3 is 5.97 Å². The zero-order chi connectivity index (χ0) is 22.5. The lowest BCUT2D eigenvalue weighted by Gasteiger charge is -2.05. The second kappa shape index (κ2) is 9.72. The van der Waals surface area contributed by atoms with E-state index in [0.29, 0.717) is 32.1 Å². The Hall–Kier alpha value is -3.55. The van der Waals surface area contributed by atoms with Crippen LogP contribution in [0.15, 0.2) is 82.7 Å². The summed E-state index contributed by atoms with van der Waals surface area (Å²) in [6.45, 7) is 0. The minimum atomic E-state index is -0.497. The molecule has 0 radical (unpaired) electrons. The van der Waals surface area contributed by atoms with Gasteiger partial charge in [0.2, 0.25) is 0 Å². The molecule has 160 valence electrons. The highest BCUT2D eigenvalue weighted by Gasteiger charge is 2.23. The second-order valence-corrected chi connectivity index (χ2v) is 8.12. The number of amidine groups is 1. The Morgan fingerprint density at radius 2 is 1.75 bits per heavy atom. The zero-order valence-electron chi connectivity index (χ0n) is 16.9. The average molecular weight is 465 g/mol. The van der Waals surface area contributed by atoms with E-state index in [9.17, 15) is 9.59 Å². The van der Waals surface area contributed by atoms with Crippen molar-refractivity contribution in [1.29, 1.82) is 0 Å². The van der Waals surface area contributed by atoms with E-state index in [-0.39, 0.29) is 5.91 Å². The SMILES string of the molecule is COc1ccc(N=C2NC(=O)/C(=C/c3ccc(OC(=O)c4cccc(Cl)c4)cc3)S2)cc1. The lowest BCUT2D eigenvalue weighted by Crippen LogP contribution is -2.19. The lowest BCUT2D eigenvalue weighted by molar-refractivity contribution is -0.115. The van der Waals surface area contributed by atoms with Crippen LogP contribution in [0.3, 0.4) is 0 Å². The number of nitrogens with zero attached hydrogens (tertiary/aromatic N) is 1. The Balaban J connectivity index is 1.42. The van der Waals surface area contributed by atoms with Crippen molar-refractivity contribution in [2.75, 3.05) is 7.11 Å². The van der Waals surface area contributed by atoms with E-state index < -0.39 is 5.97 Å². The summed E-state index contributed by atoms with van der Waals surface area (Å²) in [5.74, 6) is 0.407. The van der Waals surface area contributed by atoms with Crippen molar-refractivity contribution >= 4 is 52.2 Å². The predicted octanol–water partition coefficient (Wildman–Crippen LogP) is 5.46. The highest BCUT2D eigenvalue weighted by atomic mass is 35.5. The molecule has 0 aromatic heterocycles. The van der Waals surface area contributed by atoms with Gasteiger partial charge in [0.05, 0.1) is 23.3 Å². The first kappa shape index (κ1) is 21.7. The van der Waals surface area contributed by atoms with Crippen molar-refractivity contribution in [2.24, 2.45) is 4.99 Å². The molecule has 1 N–H and O–H groups in total. The third kappa shape index (κ3) is 5.38. The number of carbonyl (C=O) groups is 2. The van der Waals surface area contributed by atoms with E-state index in [4.69, 9.17) is 21.1 Å². The molecule has 1 saturated heterocycles. The highest BCUT2D eigenvalue weighted by Crippen LogP contribution is 2.29. The van der Waals surface area contributed by atoms with Crippen LogP contribution in [0.5, 0.6) is 11.5 Å². The van der Waals surface area contributed by atoms with E-state index >= 15 is 0 Å². The molecular formula is C24H17ClN2O4S. The average Bonchev–Trinajstić information content (AvgIpc) is 3.14. The van der Waals surface area contributed by atoms with E-state index in [2.05, 4.69) is 10.3 Å². The summed E-state index contributed by atoms with van der Waals surface area (Å²) in [5, 5.41) is 3.72. The van der Waals surface area contributed by atoms with E-state index in [0.717, 1.165) is 11.3 Å². The molecule has 1 heterocycles. The van der Waals surface area contributed by atoms with Gasteiger partial charge in [0, 0.05) is 5.02 Å². The molecule has 6 nitrogen and oxygen atoms in total. The van der Waals surface area contributed by atoms with Crippen LogP contribution in [-0.2, 0) is 4.79 Å². The highest BCUT2D eigenvalue weighted by molar-refractivity contribution is 8.18. The van der Waals surface area contributed by atoms with Gasteiger partial charge < -0.3 is 14.8 Å². The number of carbonyl (C=O) groups excluding carboxylic acids is 2. The number of nitrogens with one attached hydrogen (secondary N) is 1. The number of ether oxygens (including phenoxy) is 2. The Bertz CT molecular complexity index is 1220. The number of thioether (sulfide) groups is 1. The van der Waals surface area contributed by atoms with E-state index in [1.54, 1.807) is 73.8 Å². The smallest absolute Gasteiger partial charge is 0.343 e. The maximum atomic E-state index is 12.3. The largest absolute Gasteiger partial charge is 0.497 e. The van der Waals surface area contributed by atoms with Crippen LogP contribution in [-0.4, -0.2) is 24.2 Å². The number of halogens is 1. The normalized spacial score (nSPS) is 15.6. The van der Waals surface area contributed by atoms with Crippen LogP contribution in [0.1, 0.15) is 15.9 Å². The van der Waals surface area contributed by atoms with Gasteiger partial charge in [0.25, 0.3) is 5.91 Å². The van der Waals surface area contributed by atoms with Crippen molar-refractivity contribution in [3.63, 3.8) is 0 Å². The number of rotatable bonds is 5. The first-order chi connectivity index (χ1) is 15.5. The Kier molecular flexibility index (Phi) is 6.58. The third-order valence-corrected chi connectivity index (χ3v) is 5.55. The molecule has 0 saturated carbocycles. The van der Waals surface area contributed by atoms with Crippen molar-refractivity contribution in [1.82, 2.24) is 5.32 Å². The molecule has 3 aromatic carbocycles. The van der Waals surface area contributed by atoms with Gasteiger partial charge in [-0.25, -0.2) is 9.79 Å². The molecule has 0 spiro atoms. The molecule has 1 fully saturated rings. The van der Waals surface area contributed by atoms with Gasteiger partial charge in [-0.3, -0.25) is 4.79 Å². The number of methoxy groups -OCH3 is 1. The molecule has 0 atom stereocenters. The molecule has 4 rings (SSSR count). The first-order valence-corrected chi connectivity index (χ1v) is 10.7. The standard InChI is InChI=1S/C24H17ClN2O4S/c1-30-19-11-7-18(8-12-19)26-24-27-22(28)21(32-24)13-15-5-9-20(10-6-15)31-23(29)16-3-2-4-17(25)14-16/h2-14H,1H3,(H,26,27,28)/b21-13-. The number of aliphatic imine (C=N–C) groups is 1. The van der Waals surface area contributed by atoms with Crippen LogP contribution in [0, 0.1) is 0 Å². The number of amides is 1. The topological polar surface area (TPSA) is 77.0 Å². The summed E-state index contributed by atoms with van der Waals surface area (Å²) < 4.78 is 10.5. The molecule has 1 aliphatic rings. The van der Waals surface area contributed by atoms with Crippen LogP contribution in [0.4, 0.5) is 5.69 Å². The monoisotopic (exact) mass is 464 g/mol. The summed E-state index contributed by atoms with van der Waals surface area (Å²) >= 11 is 7.16. The van der Waals surface area contributed by atoms with Crippen molar-refractivity contribution in [3.8, 4) is 11.5 Å². The van der Waals surface area contributed by atoms with Gasteiger partial charge in [-0.15, -0.1) is 0 Å². The van der Waals surface area contributed by atoms with Gasteiger partial charge in [-0.05, 0) is 78.0 Å². The van der Waals surface area contributed by atoms with Crippen molar-refractivity contribution < 1.29 is 19.1 Å². The molecule has 3 aromatic rings. The van der Waals surface area contributed by atoms with Gasteiger partial charge in [-0.1, -0.05) is 29.8 Å². The zero-order valence-corrected chi connectivity index (χ0v) is 18.4. The van der Waals surface area contributed by atoms with Crippen molar-refractivity contribution in [2.45, 2.75) is 0 Å². The number of hydrogen-bond acceptors (Lipinski definition) is 6. The fourth-order valence-electron chi connectivity index (χ4n) is 2.82. The number of esters is 1. The van der Waals surface area contributed by atoms with Crippen molar-refractivity contribution in [3.05, 3.63) is 93.9 Å². The summed E-state index contributed by atoms with van der Waals surface area (Å²) in [4.78, 5) is 29.5.